The average molecular weight is 611 g/mol. The van der Waals surface area contributed by atoms with E-state index < -0.39 is 0 Å². The fourth-order valence-corrected chi connectivity index (χ4v) is 6.11. The molecule has 45 heavy (non-hydrogen) atoms. The molecule has 0 fully saturated rings. The largest absolute Gasteiger partial charge is 0.304 e. The van der Waals surface area contributed by atoms with E-state index >= 15 is 0 Å². The molecule has 246 valence electrons. The highest BCUT2D eigenvalue weighted by Crippen LogP contribution is 2.51. The molecule has 0 aliphatic carbocycles. The number of hydrogen-bond acceptors (Lipinski definition) is 1. The van der Waals surface area contributed by atoms with Crippen LogP contribution in [0.4, 0.5) is 17.1 Å². The summed E-state index contributed by atoms with van der Waals surface area (Å²) in [6, 6.07) is 21.5. The van der Waals surface area contributed by atoms with Crippen LogP contribution in [0.15, 0.2) is 60.7 Å². The molecular formula is C43H64NO+. The lowest BCUT2D eigenvalue weighted by molar-refractivity contribution is -0.106. The van der Waals surface area contributed by atoms with E-state index in [1.165, 1.54) is 85.2 Å². The minimum absolute atomic E-state index is 0.695. The molecule has 0 saturated carbocycles. The first-order chi connectivity index (χ1) is 21.3. The predicted octanol–water partition coefficient (Wildman–Crippen LogP) is 12.9. The quantitative estimate of drug-likeness (QED) is 0.166. The fourth-order valence-electron chi connectivity index (χ4n) is 6.11. The maximum absolute atomic E-state index is 8.81. The van der Waals surface area contributed by atoms with E-state index in [2.05, 4.69) is 138 Å². The van der Waals surface area contributed by atoms with Gasteiger partial charge >= 0.3 is 0 Å². The van der Waals surface area contributed by atoms with Gasteiger partial charge in [0.25, 0.3) is 0 Å². The Labute approximate surface area is 278 Å². The Balaban J connectivity index is 0.00000108. The average Bonchev–Trinajstić information content (AvgIpc) is 3.08. The third-order valence-electron chi connectivity index (χ3n) is 9.34. The number of carbonyl (C=O) groups is 1. The molecule has 0 heterocycles. The lowest BCUT2D eigenvalue weighted by Gasteiger charge is -2.39. The van der Waals surface area contributed by atoms with Crippen molar-refractivity contribution in [3.8, 4) is 0 Å². The summed E-state index contributed by atoms with van der Waals surface area (Å²) in [6.45, 7) is 34.5. The summed E-state index contributed by atoms with van der Waals surface area (Å²) >= 11 is 0. The zero-order valence-corrected chi connectivity index (χ0v) is 31.9. The van der Waals surface area contributed by atoms with Gasteiger partial charge in [-0.25, -0.2) is 4.48 Å². The Morgan fingerprint density at radius 2 is 0.733 bits per heavy atom. The van der Waals surface area contributed by atoms with E-state index in [-0.39, 0.29) is 0 Å². The van der Waals surface area contributed by atoms with Crippen molar-refractivity contribution in [3.05, 3.63) is 122 Å². The molecule has 2 heteroatoms. The van der Waals surface area contributed by atoms with Crippen LogP contribution >= 0.6 is 0 Å². The number of carbonyl (C=O) groups excluding carboxylic acids is 1. The van der Waals surface area contributed by atoms with E-state index in [1.54, 1.807) is 0 Å². The van der Waals surface area contributed by atoms with Gasteiger partial charge in [0.05, 0.1) is 7.05 Å². The van der Waals surface area contributed by atoms with Gasteiger partial charge in [-0.3, -0.25) is 0 Å². The van der Waals surface area contributed by atoms with Gasteiger partial charge in [0.15, 0.2) is 0 Å². The molecule has 0 aliphatic rings. The van der Waals surface area contributed by atoms with Gasteiger partial charge in [0.1, 0.15) is 23.3 Å². The standard InChI is InChI=1S/C29H38N.C8H10.C2H4O.2C2H6/c1-17-19(3)23(7)28(24(8)20(17)4)30(11,27-15-13-12-14-16-27)29-25(9)21(5)18(2)22(6)26(29)10;1-2-8-6-4-3-5-7-8;1-2-3;2*1-2/h12-16H,1-11H3;3-7H,2H2,1H3;2H,1H3;2*1-2H3/q+1;;;;. The van der Waals surface area contributed by atoms with Crippen LogP contribution in [0.1, 0.15) is 103 Å². The first-order valence-electron chi connectivity index (χ1n) is 16.8. The molecule has 0 atom stereocenters. The molecule has 0 unspecified atom stereocenters. The smallest absolute Gasteiger partial charge is 0.149 e. The topological polar surface area (TPSA) is 17.1 Å². The molecule has 0 radical (unpaired) electrons. The van der Waals surface area contributed by atoms with Crippen LogP contribution in [0.3, 0.4) is 0 Å². The molecule has 2 nitrogen and oxygen atoms in total. The first kappa shape index (κ1) is 41.5. The van der Waals surface area contributed by atoms with E-state index in [0.29, 0.717) is 4.48 Å². The summed E-state index contributed by atoms with van der Waals surface area (Å²) < 4.78 is 0.695. The van der Waals surface area contributed by atoms with Crippen molar-refractivity contribution in [3.63, 3.8) is 0 Å². The summed E-state index contributed by atoms with van der Waals surface area (Å²) in [4.78, 5) is 8.81. The van der Waals surface area contributed by atoms with Gasteiger partial charge in [-0.05, 0) is 134 Å². The molecular weight excluding hydrogens is 546 g/mol. The summed E-state index contributed by atoms with van der Waals surface area (Å²) in [6.07, 6.45) is 1.89. The van der Waals surface area contributed by atoms with E-state index in [9.17, 15) is 0 Å². The zero-order valence-electron chi connectivity index (χ0n) is 31.9. The molecule has 4 aromatic rings. The van der Waals surface area contributed by atoms with Gasteiger partial charge in [-0.2, -0.15) is 0 Å². The van der Waals surface area contributed by atoms with E-state index in [0.717, 1.165) is 12.7 Å². The zero-order chi connectivity index (χ0) is 35.1. The Kier molecular flexibility index (Phi) is 18.3. The number of nitrogens with zero attached hydrogens (tertiary/aromatic N) is 1. The van der Waals surface area contributed by atoms with Crippen molar-refractivity contribution >= 4 is 23.3 Å². The number of aryl methyl sites for hydroxylation is 1. The van der Waals surface area contributed by atoms with Crippen molar-refractivity contribution in [2.75, 3.05) is 7.05 Å². The summed E-state index contributed by atoms with van der Waals surface area (Å²) in [7, 11) is 2.39. The molecule has 0 aliphatic heterocycles. The molecule has 0 saturated heterocycles. The van der Waals surface area contributed by atoms with Gasteiger partial charge < -0.3 is 4.79 Å². The van der Waals surface area contributed by atoms with Crippen LogP contribution in [0.2, 0.25) is 0 Å². The van der Waals surface area contributed by atoms with Crippen LogP contribution in [0, 0.1) is 69.2 Å². The van der Waals surface area contributed by atoms with Crippen molar-refractivity contribution in [1.82, 2.24) is 4.48 Å². The van der Waals surface area contributed by atoms with Gasteiger partial charge in [-0.15, -0.1) is 0 Å². The van der Waals surface area contributed by atoms with E-state index in [4.69, 9.17) is 4.79 Å². The van der Waals surface area contributed by atoms with Crippen molar-refractivity contribution in [2.45, 2.75) is 117 Å². The van der Waals surface area contributed by atoms with Gasteiger partial charge in [0, 0.05) is 22.3 Å². The van der Waals surface area contributed by atoms with Crippen molar-refractivity contribution in [1.29, 1.82) is 0 Å². The number of rotatable bonds is 4. The highest BCUT2D eigenvalue weighted by molar-refractivity contribution is 5.81. The predicted molar refractivity (Wildman–Crippen MR) is 204 cm³/mol. The maximum atomic E-state index is 8.81. The molecule has 0 aromatic heterocycles. The van der Waals surface area contributed by atoms with Crippen LogP contribution in [-0.4, -0.2) is 13.3 Å². The Hall–Kier alpha value is -3.49. The molecule has 4 rings (SSSR count). The van der Waals surface area contributed by atoms with Crippen LogP contribution in [-0.2, 0) is 11.2 Å². The molecule has 0 bridgehead atoms. The molecule has 0 N–H and O–H groups in total. The van der Waals surface area contributed by atoms with Gasteiger partial charge in [0.2, 0.25) is 0 Å². The normalized spacial score (nSPS) is 10.1. The minimum Gasteiger partial charge on any atom is -0.304 e. The Morgan fingerprint density at radius 3 is 0.978 bits per heavy atom. The summed E-state index contributed by atoms with van der Waals surface area (Å²) in [5, 5.41) is 0. The molecule has 4 aromatic carbocycles. The molecule has 0 amide bonds. The van der Waals surface area contributed by atoms with Crippen LogP contribution in [0.25, 0.3) is 0 Å². The summed E-state index contributed by atoms with van der Waals surface area (Å²) in [5.74, 6) is 0. The van der Waals surface area contributed by atoms with Crippen molar-refractivity contribution in [2.24, 2.45) is 0 Å². The summed E-state index contributed by atoms with van der Waals surface area (Å²) in [5.41, 5.74) is 19.6. The second kappa shape index (κ2) is 19.8. The fraction of sp³-hybridized carbons (Fsp3) is 0.419. The van der Waals surface area contributed by atoms with Crippen LogP contribution < -0.4 is 4.48 Å². The Bertz CT molecular complexity index is 1350. The number of quaternary nitrogens is 1. The number of para-hydroxylation sites is 1. The van der Waals surface area contributed by atoms with Gasteiger partial charge in [-0.1, -0.05) is 83.1 Å². The second-order valence-electron chi connectivity index (χ2n) is 11.4. The second-order valence-corrected chi connectivity index (χ2v) is 11.4. The first-order valence-corrected chi connectivity index (χ1v) is 16.8. The molecule has 0 spiro atoms. The van der Waals surface area contributed by atoms with E-state index in [1.807, 2.05) is 33.8 Å². The highest BCUT2D eigenvalue weighted by atomic mass is 16.1. The third-order valence-corrected chi connectivity index (χ3v) is 9.34. The Morgan fingerprint density at radius 1 is 0.489 bits per heavy atom. The lowest BCUT2D eigenvalue weighted by Crippen LogP contribution is -2.37. The SMILES string of the molecule is CC.CC.CC=O.CCc1ccccc1.Cc1c(C)c(C)c([N+](C)(c2ccccc2)c2c(C)c(C)c(C)c(C)c2C)c(C)c1C. The minimum atomic E-state index is 0.695. The number of hydrogen-bond donors (Lipinski definition) is 0. The number of benzene rings is 4. The maximum Gasteiger partial charge on any atom is 0.149 e. The van der Waals surface area contributed by atoms with Crippen LogP contribution in [0.5, 0.6) is 0 Å². The third kappa shape index (κ3) is 9.27. The lowest BCUT2D eigenvalue weighted by atomic mass is 9.87. The van der Waals surface area contributed by atoms with Crippen molar-refractivity contribution < 1.29 is 4.79 Å². The highest BCUT2D eigenvalue weighted by Gasteiger charge is 2.39. The monoisotopic (exact) mass is 610 g/mol. The number of aldehydes is 1.